The van der Waals surface area contributed by atoms with E-state index in [4.69, 9.17) is 5.73 Å². The van der Waals surface area contributed by atoms with Gasteiger partial charge in [0, 0.05) is 4.47 Å². The minimum Gasteiger partial charge on any atom is -0.396 e. The van der Waals surface area contributed by atoms with Crippen molar-refractivity contribution in [3.8, 4) is 5.69 Å². The van der Waals surface area contributed by atoms with Crippen molar-refractivity contribution in [1.82, 2.24) is 9.78 Å². The maximum atomic E-state index is 5.83. The smallest absolute Gasteiger partial charge is 0.0737 e. The van der Waals surface area contributed by atoms with Crippen molar-refractivity contribution in [1.29, 1.82) is 0 Å². The Labute approximate surface area is 97.0 Å². The molecular weight excluding hydrogens is 254 g/mol. The van der Waals surface area contributed by atoms with Crippen LogP contribution in [0.2, 0.25) is 0 Å². The normalized spacial score (nSPS) is 10.5. The maximum absolute atomic E-state index is 5.83. The zero-order valence-corrected chi connectivity index (χ0v) is 10.0. The zero-order chi connectivity index (χ0) is 10.8. The second-order valence-corrected chi connectivity index (χ2v) is 4.21. The molecule has 0 radical (unpaired) electrons. The van der Waals surface area contributed by atoms with Crippen LogP contribution in [0.3, 0.4) is 0 Å². The van der Waals surface area contributed by atoms with Gasteiger partial charge in [-0.05, 0) is 24.6 Å². The van der Waals surface area contributed by atoms with E-state index in [1.54, 1.807) is 6.20 Å². The Hall–Kier alpha value is -1.29. The third-order valence-corrected chi connectivity index (χ3v) is 2.78. The van der Waals surface area contributed by atoms with E-state index in [0.717, 1.165) is 28.0 Å². The quantitative estimate of drug-likeness (QED) is 0.908. The van der Waals surface area contributed by atoms with Crippen LogP contribution >= 0.6 is 15.9 Å². The third-order valence-electron chi connectivity index (χ3n) is 2.29. The highest BCUT2D eigenvalue weighted by Crippen LogP contribution is 2.19. The topological polar surface area (TPSA) is 43.8 Å². The van der Waals surface area contributed by atoms with E-state index in [-0.39, 0.29) is 0 Å². The molecule has 0 spiro atoms. The van der Waals surface area contributed by atoms with E-state index in [1.165, 1.54) is 0 Å². The Bertz CT molecular complexity index is 476. The number of nitrogen functional groups attached to an aromatic ring is 1. The number of hydrogen-bond acceptors (Lipinski definition) is 2. The van der Waals surface area contributed by atoms with Crippen LogP contribution in [-0.2, 0) is 6.42 Å². The molecule has 1 aromatic heterocycles. The summed E-state index contributed by atoms with van der Waals surface area (Å²) in [5.41, 5.74) is 8.65. The summed E-state index contributed by atoms with van der Waals surface area (Å²) in [6.07, 6.45) is 2.57. The highest BCUT2D eigenvalue weighted by Gasteiger charge is 2.07. The Morgan fingerprint density at radius 2 is 2.27 bits per heavy atom. The summed E-state index contributed by atoms with van der Waals surface area (Å²) in [7, 11) is 0. The molecule has 0 aliphatic heterocycles. The molecule has 1 heterocycles. The van der Waals surface area contributed by atoms with Crippen LogP contribution in [0.5, 0.6) is 0 Å². The average molecular weight is 266 g/mol. The number of benzene rings is 1. The lowest BCUT2D eigenvalue weighted by atomic mass is 10.2. The van der Waals surface area contributed by atoms with Gasteiger partial charge >= 0.3 is 0 Å². The first kappa shape index (κ1) is 10.2. The first-order valence-electron chi connectivity index (χ1n) is 4.80. The zero-order valence-electron chi connectivity index (χ0n) is 8.44. The Balaban J connectivity index is 2.54. The second kappa shape index (κ2) is 4.06. The standard InChI is InChI=1S/C11H12BrN3/c1-2-11-10(13)7-14-15(11)9-5-3-4-8(12)6-9/h3-7H,2,13H2,1H3. The Morgan fingerprint density at radius 1 is 1.47 bits per heavy atom. The highest BCUT2D eigenvalue weighted by atomic mass is 79.9. The SMILES string of the molecule is CCc1c(N)cnn1-c1cccc(Br)c1. The average Bonchev–Trinajstić information content (AvgIpc) is 2.59. The molecule has 0 bridgehead atoms. The van der Waals surface area contributed by atoms with Crippen molar-refractivity contribution in [2.24, 2.45) is 0 Å². The molecule has 0 saturated carbocycles. The van der Waals surface area contributed by atoms with Crippen molar-refractivity contribution in [3.05, 3.63) is 40.6 Å². The fourth-order valence-corrected chi connectivity index (χ4v) is 1.96. The van der Waals surface area contributed by atoms with E-state index >= 15 is 0 Å². The minimum atomic E-state index is 0.748. The lowest BCUT2D eigenvalue weighted by Gasteiger charge is -2.06. The molecule has 3 nitrogen and oxygen atoms in total. The largest absolute Gasteiger partial charge is 0.396 e. The summed E-state index contributed by atoms with van der Waals surface area (Å²) in [6, 6.07) is 8.00. The van der Waals surface area contributed by atoms with Crippen molar-refractivity contribution in [3.63, 3.8) is 0 Å². The van der Waals surface area contributed by atoms with Crippen LogP contribution in [0.4, 0.5) is 5.69 Å². The fourth-order valence-electron chi connectivity index (χ4n) is 1.57. The summed E-state index contributed by atoms with van der Waals surface area (Å²) in [5, 5.41) is 4.27. The number of aromatic nitrogens is 2. The highest BCUT2D eigenvalue weighted by molar-refractivity contribution is 9.10. The lowest BCUT2D eigenvalue weighted by Crippen LogP contribution is -2.02. The first-order valence-corrected chi connectivity index (χ1v) is 5.60. The molecule has 78 valence electrons. The number of nitrogens with two attached hydrogens (primary N) is 1. The van der Waals surface area contributed by atoms with Crippen LogP contribution in [0.25, 0.3) is 5.69 Å². The van der Waals surface area contributed by atoms with Crippen molar-refractivity contribution in [2.75, 3.05) is 5.73 Å². The molecule has 15 heavy (non-hydrogen) atoms. The summed E-state index contributed by atoms with van der Waals surface area (Å²) in [4.78, 5) is 0. The summed E-state index contributed by atoms with van der Waals surface area (Å²) < 4.78 is 2.91. The first-order chi connectivity index (χ1) is 7.22. The number of hydrogen-bond donors (Lipinski definition) is 1. The van der Waals surface area contributed by atoms with Crippen molar-refractivity contribution >= 4 is 21.6 Å². The molecule has 0 aliphatic rings. The van der Waals surface area contributed by atoms with Gasteiger partial charge in [0.2, 0.25) is 0 Å². The molecule has 0 fully saturated rings. The number of anilines is 1. The molecule has 0 unspecified atom stereocenters. The van der Waals surface area contributed by atoms with Gasteiger partial charge in [-0.1, -0.05) is 28.9 Å². The van der Waals surface area contributed by atoms with Gasteiger partial charge in [0.25, 0.3) is 0 Å². The Morgan fingerprint density at radius 3 is 2.93 bits per heavy atom. The summed E-state index contributed by atoms with van der Waals surface area (Å²) >= 11 is 3.44. The van der Waals surface area contributed by atoms with Crippen LogP contribution in [-0.4, -0.2) is 9.78 Å². The fraction of sp³-hybridized carbons (Fsp3) is 0.182. The van der Waals surface area contributed by atoms with Gasteiger partial charge in [0.15, 0.2) is 0 Å². The van der Waals surface area contributed by atoms with Gasteiger partial charge in [-0.3, -0.25) is 0 Å². The van der Waals surface area contributed by atoms with Crippen LogP contribution in [0, 0.1) is 0 Å². The molecule has 0 amide bonds. The minimum absolute atomic E-state index is 0.748. The van der Waals surface area contributed by atoms with Gasteiger partial charge in [0.05, 0.1) is 23.3 Å². The molecule has 4 heteroatoms. The van der Waals surface area contributed by atoms with Gasteiger partial charge in [0.1, 0.15) is 0 Å². The number of halogens is 1. The molecule has 2 aromatic rings. The van der Waals surface area contributed by atoms with E-state index in [9.17, 15) is 0 Å². The second-order valence-electron chi connectivity index (χ2n) is 3.29. The van der Waals surface area contributed by atoms with E-state index in [2.05, 4.69) is 28.0 Å². The third kappa shape index (κ3) is 1.90. The van der Waals surface area contributed by atoms with Crippen LogP contribution in [0.15, 0.2) is 34.9 Å². The molecule has 1 aromatic carbocycles. The summed E-state index contributed by atoms with van der Waals surface area (Å²) in [5.74, 6) is 0. The predicted molar refractivity (Wildman–Crippen MR) is 65.1 cm³/mol. The molecule has 0 atom stereocenters. The van der Waals surface area contributed by atoms with Gasteiger partial charge in [-0.15, -0.1) is 0 Å². The van der Waals surface area contributed by atoms with E-state index < -0.39 is 0 Å². The summed E-state index contributed by atoms with van der Waals surface area (Å²) in [6.45, 7) is 2.07. The van der Waals surface area contributed by atoms with Crippen molar-refractivity contribution in [2.45, 2.75) is 13.3 Å². The van der Waals surface area contributed by atoms with Gasteiger partial charge < -0.3 is 5.73 Å². The molecule has 0 aliphatic carbocycles. The van der Waals surface area contributed by atoms with Gasteiger partial charge in [-0.25, -0.2) is 4.68 Å². The van der Waals surface area contributed by atoms with Crippen LogP contribution < -0.4 is 5.73 Å². The molecular formula is C11H12BrN3. The number of rotatable bonds is 2. The maximum Gasteiger partial charge on any atom is 0.0737 e. The van der Waals surface area contributed by atoms with E-state index in [0.29, 0.717) is 0 Å². The van der Waals surface area contributed by atoms with Gasteiger partial charge in [-0.2, -0.15) is 5.10 Å². The Kier molecular flexibility index (Phi) is 2.77. The molecule has 0 saturated heterocycles. The van der Waals surface area contributed by atoms with Crippen molar-refractivity contribution < 1.29 is 0 Å². The monoisotopic (exact) mass is 265 g/mol. The molecule has 2 rings (SSSR count). The number of nitrogens with zero attached hydrogens (tertiary/aromatic N) is 2. The predicted octanol–water partition coefficient (Wildman–Crippen LogP) is 2.78. The van der Waals surface area contributed by atoms with E-state index in [1.807, 2.05) is 28.9 Å². The molecule has 2 N–H and O–H groups in total. The van der Waals surface area contributed by atoms with Crippen LogP contribution in [0.1, 0.15) is 12.6 Å². The lowest BCUT2D eigenvalue weighted by molar-refractivity contribution is 0.814.